The smallest absolute Gasteiger partial charge is 0.267 e. The Morgan fingerprint density at radius 2 is 1.29 bits per heavy atom. The van der Waals surface area contributed by atoms with Gasteiger partial charge in [-0.15, -0.1) is 0 Å². The fourth-order valence-corrected chi connectivity index (χ4v) is 4.43. The van der Waals surface area contributed by atoms with E-state index in [1.165, 1.54) is 38.2 Å². The molecule has 3 N–H and O–H groups in total. The van der Waals surface area contributed by atoms with Crippen LogP contribution in [0.15, 0.2) is 36.5 Å². The maximum Gasteiger partial charge on any atom is 0.267 e. The van der Waals surface area contributed by atoms with Crippen molar-refractivity contribution in [3.8, 4) is 0 Å². The van der Waals surface area contributed by atoms with Crippen LogP contribution >= 0.6 is 0 Å². The average molecular weight is 514 g/mol. The van der Waals surface area contributed by atoms with E-state index in [4.69, 9.17) is 0 Å². The molecule has 0 heterocycles. The summed E-state index contributed by atoms with van der Waals surface area (Å²) in [6, 6.07) is -1.07. The first-order valence-corrected chi connectivity index (χ1v) is 15.3. The number of aliphatic hydroxyl groups is 1. The largest absolute Gasteiger partial charge is 0.387 e. The summed E-state index contributed by atoms with van der Waals surface area (Å²) in [5.74, 6) is -1.02. The summed E-state index contributed by atoms with van der Waals surface area (Å²) >= 11 is 0. The molecule has 2 atom stereocenters. The zero-order valence-corrected chi connectivity index (χ0v) is 23.0. The van der Waals surface area contributed by atoms with Crippen LogP contribution in [-0.2, 0) is 14.9 Å². The predicted octanol–water partition coefficient (Wildman–Crippen LogP) is 6.67. The molecule has 0 aliphatic rings. The lowest BCUT2D eigenvalue weighted by atomic mass is 10.1. The van der Waals surface area contributed by atoms with Crippen molar-refractivity contribution in [2.75, 3.05) is 5.75 Å². The molecule has 204 valence electrons. The Labute approximate surface area is 215 Å². The van der Waals surface area contributed by atoms with Crippen LogP contribution in [0.25, 0.3) is 0 Å². The number of allylic oxidation sites excluding steroid dienone is 5. The van der Waals surface area contributed by atoms with E-state index >= 15 is 0 Å². The number of unbranched alkanes of at least 4 members (excludes halogenated alkanes) is 11. The standard InChI is InChI=1S/C28H51NO5S/c1-3-5-7-9-11-12-13-14-15-16-18-20-22-24-28(31)29-26(25-35(32,33)34)27(30)23-21-19-17-10-8-6-4-2/h8,10,12-13,21,23,26-27,30H,3-7,9,11,14-20,22,24-25H2,1-2H3,(H,29,31)(H,32,33,34)/b10-8+,13-12-,23-21+. The predicted molar refractivity (Wildman–Crippen MR) is 147 cm³/mol. The summed E-state index contributed by atoms with van der Waals surface area (Å²) in [6.07, 6.45) is 27.2. The van der Waals surface area contributed by atoms with E-state index in [2.05, 4.69) is 43.5 Å². The van der Waals surface area contributed by atoms with Gasteiger partial charge in [0.25, 0.3) is 10.1 Å². The normalized spacial score (nSPS) is 14.3. The molecule has 0 aromatic carbocycles. The van der Waals surface area contributed by atoms with Crippen molar-refractivity contribution in [1.29, 1.82) is 0 Å². The van der Waals surface area contributed by atoms with Crippen molar-refractivity contribution in [2.24, 2.45) is 0 Å². The van der Waals surface area contributed by atoms with Gasteiger partial charge >= 0.3 is 0 Å². The molecule has 0 bridgehead atoms. The summed E-state index contributed by atoms with van der Waals surface area (Å²) in [4.78, 5) is 12.3. The van der Waals surface area contributed by atoms with Gasteiger partial charge in [-0.25, -0.2) is 0 Å². The lowest BCUT2D eigenvalue weighted by Crippen LogP contribution is -2.46. The third-order valence-electron chi connectivity index (χ3n) is 5.77. The molecule has 35 heavy (non-hydrogen) atoms. The van der Waals surface area contributed by atoms with Gasteiger partial charge in [0.2, 0.25) is 5.91 Å². The Hall–Kier alpha value is -1.44. The molecule has 0 fully saturated rings. The van der Waals surface area contributed by atoms with Crippen LogP contribution in [0.5, 0.6) is 0 Å². The van der Waals surface area contributed by atoms with Crippen LogP contribution in [0.2, 0.25) is 0 Å². The maximum absolute atomic E-state index is 12.3. The molecule has 0 aliphatic heterocycles. The van der Waals surface area contributed by atoms with Crippen molar-refractivity contribution in [2.45, 2.75) is 129 Å². The number of rotatable bonds is 23. The van der Waals surface area contributed by atoms with Gasteiger partial charge in [0, 0.05) is 6.42 Å². The molecular formula is C28H51NO5S. The Morgan fingerprint density at radius 3 is 1.91 bits per heavy atom. The first kappa shape index (κ1) is 33.6. The first-order valence-electron chi connectivity index (χ1n) is 13.7. The second-order valence-electron chi connectivity index (χ2n) is 9.31. The van der Waals surface area contributed by atoms with E-state index in [0.717, 1.165) is 51.4 Å². The third kappa shape index (κ3) is 24.0. The van der Waals surface area contributed by atoms with Crippen molar-refractivity contribution >= 4 is 16.0 Å². The van der Waals surface area contributed by atoms with Gasteiger partial charge in [-0.1, -0.05) is 95.2 Å². The highest BCUT2D eigenvalue weighted by Gasteiger charge is 2.24. The summed E-state index contributed by atoms with van der Waals surface area (Å²) in [7, 11) is -4.33. The minimum atomic E-state index is -4.33. The fraction of sp³-hybridized carbons (Fsp3) is 0.750. The van der Waals surface area contributed by atoms with Crippen molar-refractivity contribution in [3.05, 3.63) is 36.5 Å². The molecule has 0 spiro atoms. The monoisotopic (exact) mass is 513 g/mol. The molecular weight excluding hydrogens is 462 g/mol. The molecule has 6 nitrogen and oxygen atoms in total. The van der Waals surface area contributed by atoms with Crippen LogP contribution in [0.4, 0.5) is 0 Å². The van der Waals surface area contributed by atoms with Crippen LogP contribution in [-0.4, -0.2) is 41.9 Å². The Morgan fingerprint density at radius 1 is 0.743 bits per heavy atom. The lowest BCUT2D eigenvalue weighted by molar-refractivity contribution is -0.122. The number of carbonyl (C=O) groups excluding carboxylic acids is 1. The SMILES string of the molecule is CCC/C=C/CC/C=C/C(O)C(CS(=O)(=O)O)NC(=O)CCCCCCC/C=C\CCCCCC. The van der Waals surface area contributed by atoms with E-state index in [1.807, 2.05) is 0 Å². The third-order valence-corrected chi connectivity index (χ3v) is 6.55. The molecule has 1 amide bonds. The van der Waals surface area contributed by atoms with E-state index in [9.17, 15) is 22.9 Å². The zero-order chi connectivity index (χ0) is 26.2. The molecule has 0 rings (SSSR count). The zero-order valence-electron chi connectivity index (χ0n) is 22.2. The Balaban J connectivity index is 4.15. The second kappa shape index (κ2) is 23.0. The van der Waals surface area contributed by atoms with Gasteiger partial charge in [0.15, 0.2) is 0 Å². The van der Waals surface area contributed by atoms with Crippen molar-refractivity contribution in [3.63, 3.8) is 0 Å². The van der Waals surface area contributed by atoms with Gasteiger partial charge in [-0.3, -0.25) is 9.35 Å². The summed E-state index contributed by atoms with van der Waals surface area (Å²) in [5, 5.41) is 12.9. The van der Waals surface area contributed by atoms with Crippen LogP contribution in [0.1, 0.15) is 117 Å². The van der Waals surface area contributed by atoms with Gasteiger partial charge in [0.1, 0.15) is 0 Å². The van der Waals surface area contributed by atoms with E-state index < -0.39 is 28.0 Å². The number of aliphatic hydroxyl groups excluding tert-OH is 1. The molecule has 7 heteroatoms. The number of carbonyl (C=O) groups is 1. The van der Waals surface area contributed by atoms with Crippen LogP contribution < -0.4 is 5.32 Å². The molecule has 0 saturated carbocycles. The lowest BCUT2D eigenvalue weighted by Gasteiger charge is -2.21. The average Bonchev–Trinajstić information content (AvgIpc) is 2.80. The molecule has 0 aliphatic carbocycles. The highest BCUT2D eigenvalue weighted by atomic mass is 32.2. The quantitative estimate of drug-likeness (QED) is 0.0804. The Bertz CT molecular complexity index is 700. The van der Waals surface area contributed by atoms with Gasteiger partial charge < -0.3 is 10.4 Å². The van der Waals surface area contributed by atoms with Gasteiger partial charge in [-0.05, 0) is 51.4 Å². The minimum absolute atomic E-state index is 0.276. The van der Waals surface area contributed by atoms with E-state index in [-0.39, 0.29) is 12.3 Å². The van der Waals surface area contributed by atoms with E-state index in [0.29, 0.717) is 12.8 Å². The second-order valence-corrected chi connectivity index (χ2v) is 10.8. The van der Waals surface area contributed by atoms with Crippen molar-refractivity contribution < 1.29 is 22.9 Å². The first-order chi connectivity index (χ1) is 16.8. The minimum Gasteiger partial charge on any atom is -0.387 e. The highest BCUT2D eigenvalue weighted by molar-refractivity contribution is 7.85. The highest BCUT2D eigenvalue weighted by Crippen LogP contribution is 2.10. The molecule has 0 aromatic rings. The van der Waals surface area contributed by atoms with Gasteiger partial charge in [-0.2, -0.15) is 8.42 Å². The van der Waals surface area contributed by atoms with Crippen LogP contribution in [0, 0.1) is 0 Å². The molecule has 2 unspecified atom stereocenters. The number of nitrogens with one attached hydrogen (secondary N) is 1. The number of amides is 1. The maximum atomic E-state index is 12.3. The fourth-order valence-electron chi connectivity index (χ4n) is 3.70. The molecule has 0 radical (unpaired) electrons. The Kier molecular flexibility index (Phi) is 22.0. The number of hydrogen-bond donors (Lipinski definition) is 3. The summed E-state index contributed by atoms with van der Waals surface area (Å²) in [6.45, 7) is 4.34. The molecule has 0 saturated heterocycles. The van der Waals surface area contributed by atoms with E-state index in [1.54, 1.807) is 6.08 Å². The van der Waals surface area contributed by atoms with Gasteiger partial charge in [0.05, 0.1) is 17.9 Å². The number of hydrogen-bond acceptors (Lipinski definition) is 4. The topological polar surface area (TPSA) is 104 Å². The summed E-state index contributed by atoms with van der Waals surface area (Å²) < 4.78 is 31.9. The van der Waals surface area contributed by atoms with Crippen molar-refractivity contribution in [1.82, 2.24) is 5.32 Å². The van der Waals surface area contributed by atoms with Crippen LogP contribution in [0.3, 0.4) is 0 Å². The summed E-state index contributed by atoms with van der Waals surface area (Å²) in [5.41, 5.74) is 0. The molecule has 0 aromatic heterocycles.